The van der Waals surface area contributed by atoms with Gasteiger partial charge in [0.25, 0.3) is 11.3 Å². The first-order chi connectivity index (χ1) is 22.5. The van der Waals surface area contributed by atoms with Crippen molar-refractivity contribution in [3.05, 3.63) is 13.2 Å². The van der Waals surface area contributed by atoms with Gasteiger partial charge in [0.05, 0.1) is 17.8 Å². The summed E-state index contributed by atoms with van der Waals surface area (Å²) in [6.07, 6.45) is -61.2. The molecule has 0 amide bonds. The molecule has 0 aromatic rings. The molecule has 4 radical (unpaired) electrons. The van der Waals surface area contributed by atoms with Crippen LogP contribution in [-0.2, 0) is 0 Å². The zero-order valence-corrected chi connectivity index (χ0v) is 30.7. The van der Waals surface area contributed by atoms with E-state index in [-0.39, 0.29) is 12.8 Å². The normalized spacial score (nSPS) is 16.2. The van der Waals surface area contributed by atoms with Crippen LogP contribution in [0.3, 0.4) is 0 Å². The molecule has 0 aliphatic rings. The Morgan fingerprint density at radius 3 is 0.830 bits per heavy atom. The molecule has 0 fully saturated rings. The van der Waals surface area contributed by atoms with Crippen molar-refractivity contribution < 1.29 is 114 Å². The summed E-state index contributed by atoms with van der Waals surface area (Å²) >= 11 is 3.40. The number of rotatable bonds is 10. The van der Waals surface area contributed by atoms with Gasteiger partial charge in [-0.2, -0.15) is 105 Å². The van der Waals surface area contributed by atoms with Crippen LogP contribution in [0.15, 0.2) is 13.2 Å². The molecule has 0 rings (SSSR count). The number of alkyl halides is 28. The predicted octanol–water partition coefficient (Wildman–Crippen LogP) is 13.3. The molecule has 0 saturated heterocycles. The second-order valence-electron chi connectivity index (χ2n) is 9.68. The van der Waals surface area contributed by atoms with E-state index in [1.165, 1.54) is 22.6 Å². The Labute approximate surface area is 319 Å². The van der Waals surface area contributed by atoms with Gasteiger partial charge in [-0.1, -0.05) is 45.2 Å². The molecule has 0 aliphatic heterocycles. The van der Waals surface area contributed by atoms with Gasteiger partial charge in [-0.15, -0.1) is 13.2 Å². The van der Waals surface area contributed by atoms with E-state index in [4.69, 9.17) is 4.35 Å². The molecule has 0 aliphatic carbocycles. The molecule has 0 heterocycles. The van der Waals surface area contributed by atoms with E-state index in [1.807, 2.05) is 0 Å². The number of nitrogens with one attached hydrogen (secondary N) is 1. The first-order valence-electron chi connectivity index (χ1n) is 12.4. The first kappa shape index (κ1) is 62.0. The Bertz CT molecular complexity index is 983. The van der Waals surface area contributed by atoms with Gasteiger partial charge >= 0.3 is 69.9 Å². The Hall–Kier alpha value is -0.223. The Kier molecular flexibility index (Phi) is 25.8. The third-order valence-electron chi connectivity index (χ3n) is 6.11. The molecule has 0 spiro atoms. The standard InChI is InChI=1S/C11H10F13I.C9H6F13I.C2H4.Al.B.HN/c12-7(10(19,20)21,11(22,23)24)4-6(9(16,17)18)3-5(1-2-25)8(13,14)15;10-5(8(17,18)19,9(20,21)22)2-3(6(11,12)13)1-4(23)7(14,15)16;1-2;;;/h5-6H,1-4H2;3-4H,1-2H2;1-2H2;;;1H. The maximum atomic E-state index is 13.5. The third-order valence-corrected chi connectivity index (χ3v) is 7.95. The molecule has 31 heteroatoms. The molecule has 1 N–H and O–H groups in total. The number of hydrogen-bond acceptors (Lipinski definition) is 1. The van der Waals surface area contributed by atoms with Crippen molar-refractivity contribution in [2.75, 3.05) is 4.43 Å². The van der Waals surface area contributed by atoms with Crippen molar-refractivity contribution in [3.8, 4) is 0 Å². The van der Waals surface area contributed by atoms with Gasteiger partial charge in [0.1, 0.15) is 3.92 Å². The number of hydrogen-bond donors (Lipinski definition) is 1. The summed E-state index contributed by atoms with van der Waals surface area (Å²) in [6.45, 7) is 6.00. The van der Waals surface area contributed by atoms with Crippen molar-refractivity contribution in [2.45, 2.75) is 96.8 Å². The van der Waals surface area contributed by atoms with E-state index < -0.39 is 115 Å². The quantitative estimate of drug-likeness (QED) is 0.0741. The minimum absolute atomic E-state index is 0. The molecule has 316 valence electrons. The topological polar surface area (TPSA) is 23.9 Å². The zero-order valence-electron chi connectivity index (χ0n) is 25.2. The Morgan fingerprint density at radius 2 is 0.660 bits per heavy atom. The van der Waals surface area contributed by atoms with E-state index >= 15 is 0 Å². The fraction of sp³-hybridized carbons (Fsp3) is 0.909. The molecule has 53 heavy (non-hydrogen) atoms. The monoisotopic (exact) mass is 1080 g/mol. The summed E-state index contributed by atoms with van der Waals surface area (Å²) in [6, 6.07) is 0. The predicted molar refractivity (Wildman–Crippen MR) is 152 cm³/mol. The molecular formula is C22H21AlBF26I2N. The van der Waals surface area contributed by atoms with Crippen LogP contribution >= 0.6 is 45.2 Å². The summed E-state index contributed by atoms with van der Waals surface area (Å²) < 4.78 is 327. The van der Waals surface area contributed by atoms with Crippen molar-refractivity contribution in [1.82, 2.24) is 0 Å². The molecule has 4 unspecified atom stereocenters. The van der Waals surface area contributed by atoms with Gasteiger partial charge in [-0.3, -0.25) is 0 Å². The Balaban J connectivity index is -0.000000261. The van der Waals surface area contributed by atoms with E-state index in [0.29, 0.717) is 22.6 Å². The van der Waals surface area contributed by atoms with Crippen LogP contribution in [0.5, 0.6) is 0 Å². The van der Waals surface area contributed by atoms with Crippen molar-refractivity contribution in [2.24, 2.45) is 17.8 Å². The zero-order chi connectivity index (χ0) is 43.6. The average molecular weight is 1080 g/mol. The van der Waals surface area contributed by atoms with Gasteiger partial charge in [-0.05, 0) is 19.3 Å². The van der Waals surface area contributed by atoms with E-state index in [1.54, 1.807) is 16.1 Å². The van der Waals surface area contributed by atoms with Crippen molar-refractivity contribution in [3.63, 3.8) is 0 Å². The molecule has 1 nitrogen and oxygen atoms in total. The van der Waals surface area contributed by atoms with Crippen LogP contribution in [0.2, 0.25) is 0 Å². The van der Waals surface area contributed by atoms with Gasteiger partial charge in [0, 0.05) is 25.7 Å². The van der Waals surface area contributed by atoms with E-state index in [2.05, 4.69) is 13.2 Å². The summed E-state index contributed by atoms with van der Waals surface area (Å²) in [5, 5.41) is 0. The van der Waals surface area contributed by atoms with Gasteiger partial charge in [0.2, 0.25) is 0 Å². The summed E-state index contributed by atoms with van der Waals surface area (Å²) in [7, 11) is 0. The summed E-state index contributed by atoms with van der Waals surface area (Å²) in [5.41, 5.74) is -12.6. The SMILES string of the molecule is C=C.FC(F)(F)C(CCI)CC(CC(F)(C(F)(F)F)C(F)(F)F)C(F)(F)F.FC(F)(F)C(I)CC(CC(F)(C(F)(F)F)C(F)(F)F)C(F)(F)F.[B].[NH]=[Al]. The fourth-order valence-corrected chi connectivity index (χ4v) is 4.77. The molecule has 0 saturated carbocycles. The van der Waals surface area contributed by atoms with Crippen LogP contribution < -0.4 is 0 Å². The van der Waals surface area contributed by atoms with Crippen molar-refractivity contribution in [1.29, 1.82) is 4.35 Å². The Morgan fingerprint density at radius 1 is 0.434 bits per heavy atom. The summed E-state index contributed by atoms with van der Waals surface area (Å²) in [5.74, 6) is -10.4. The van der Waals surface area contributed by atoms with Crippen LogP contribution in [0, 0.1) is 22.1 Å². The van der Waals surface area contributed by atoms with Crippen LogP contribution in [0.4, 0.5) is 114 Å². The maximum absolute atomic E-state index is 13.5. The first-order valence-corrected chi connectivity index (χ1v) is 15.8. The van der Waals surface area contributed by atoms with Gasteiger partial charge in [-0.25, -0.2) is 8.78 Å². The van der Waals surface area contributed by atoms with Crippen molar-refractivity contribution >= 4 is 69.7 Å². The molecule has 0 aromatic heterocycles. The van der Waals surface area contributed by atoms with E-state index in [9.17, 15) is 114 Å². The molecule has 0 aromatic carbocycles. The van der Waals surface area contributed by atoms with Crippen LogP contribution in [-0.4, -0.2) is 93.6 Å². The molecular weight excluding hydrogens is 1060 g/mol. The fourth-order valence-electron chi connectivity index (χ4n) is 3.40. The minimum atomic E-state index is -6.77. The van der Waals surface area contributed by atoms with Crippen LogP contribution in [0.25, 0.3) is 0 Å². The van der Waals surface area contributed by atoms with Crippen LogP contribution in [0.1, 0.15) is 32.1 Å². The van der Waals surface area contributed by atoms with E-state index in [0.717, 1.165) is 0 Å². The average Bonchev–Trinajstić information content (AvgIpc) is 2.89. The summed E-state index contributed by atoms with van der Waals surface area (Å²) in [4.78, 5) is 0. The van der Waals surface area contributed by atoms with Gasteiger partial charge < -0.3 is 0 Å². The number of halogens is 28. The molecule has 0 bridgehead atoms. The van der Waals surface area contributed by atoms with Gasteiger partial charge in [0.15, 0.2) is 0 Å². The second kappa shape index (κ2) is 22.1. The molecule has 4 atom stereocenters. The second-order valence-corrected chi connectivity index (χ2v) is 12.3. The third kappa shape index (κ3) is 19.7.